The minimum atomic E-state index is -4.70. The van der Waals surface area contributed by atoms with Crippen LogP contribution in [0.25, 0.3) is 0 Å². The van der Waals surface area contributed by atoms with Crippen LogP contribution in [0, 0.1) is 0 Å². The minimum Gasteiger partial charge on any atom is -0.483 e. The van der Waals surface area contributed by atoms with Crippen molar-refractivity contribution in [2.45, 2.75) is 0 Å². The van der Waals surface area contributed by atoms with Crippen LogP contribution in [-0.4, -0.2) is 35.6 Å². The summed E-state index contributed by atoms with van der Waals surface area (Å²) in [7, 11) is -4.70. The molecule has 94 valence electrons. The molecule has 0 aliphatic rings. The molecule has 9 heteroatoms. The van der Waals surface area contributed by atoms with Crippen molar-refractivity contribution < 1.29 is 37.0 Å². The van der Waals surface area contributed by atoms with Gasteiger partial charge in [0.25, 0.3) is 6.47 Å². The molecule has 8 nitrogen and oxygen atoms in total. The third kappa shape index (κ3) is 6.12. The van der Waals surface area contributed by atoms with E-state index in [1.165, 1.54) is 12.1 Å². The lowest BCUT2D eigenvalue weighted by Gasteiger charge is -2.03. The summed E-state index contributed by atoms with van der Waals surface area (Å²) in [6.45, 7) is -0.250. The van der Waals surface area contributed by atoms with Crippen LogP contribution in [0.1, 0.15) is 10.4 Å². The Morgan fingerprint density at radius 1 is 1.29 bits per heavy atom. The Balaban J connectivity index is 0.000000770. The summed E-state index contributed by atoms with van der Waals surface area (Å²) in [4.78, 5) is 18.9. The number of para-hydroxylation sites is 1. The maximum atomic E-state index is 10.6. The standard InChI is InChI=1S/C7H6O6S.CH2O2/c8-7(9)5-3-1-2-4-6(5)13-14(10,11)12;2-1-3/h1-4H,(H,8,9)(H,10,11,12);1H,(H,2,3). The Hall–Kier alpha value is -2.13. The van der Waals surface area contributed by atoms with E-state index < -0.39 is 22.1 Å². The minimum absolute atomic E-state index is 0.250. The van der Waals surface area contributed by atoms with Crippen LogP contribution < -0.4 is 4.18 Å². The third-order valence-electron chi connectivity index (χ3n) is 1.31. The van der Waals surface area contributed by atoms with Gasteiger partial charge in [-0.3, -0.25) is 9.35 Å². The van der Waals surface area contributed by atoms with Crippen molar-refractivity contribution in [3.63, 3.8) is 0 Å². The van der Waals surface area contributed by atoms with Gasteiger partial charge in [0.05, 0.1) is 0 Å². The Bertz CT molecular complexity index is 492. The maximum absolute atomic E-state index is 10.6. The predicted molar refractivity (Wildman–Crippen MR) is 54.3 cm³/mol. The largest absolute Gasteiger partial charge is 0.483 e. The first-order valence-corrected chi connectivity index (χ1v) is 5.25. The highest BCUT2D eigenvalue weighted by atomic mass is 32.3. The van der Waals surface area contributed by atoms with E-state index in [9.17, 15) is 13.2 Å². The smallest absolute Gasteiger partial charge is 0.446 e. The summed E-state index contributed by atoms with van der Waals surface area (Å²) in [5.74, 6) is -1.77. The summed E-state index contributed by atoms with van der Waals surface area (Å²) in [6.07, 6.45) is 0. The highest BCUT2D eigenvalue weighted by Gasteiger charge is 2.15. The molecule has 0 aromatic heterocycles. The van der Waals surface area contributed by atoms with Crippen molar-refractivity contribution in [1.82, 2.24) is 0 Å². The summed E-state index contributed by atoms with van der Waals surface area (Å²) < 4.78 is 33.0. The fourth-order valence-electron chi connectivity index (χ4n) is 0.829. The second-order valence-corrected chi connectivity index (χ2v) is 3.44. The van der Waals surface area contributed by atoms with Gasteiger partial charge < -0.3 is 14.4 Å². The van der Waals surface area contributed by atoms with Gasteiger partial charge in [-0.1, -0.05) is 12.1 Å². The lowest BCUT2D eigenvalue weighted by atomic mass is 10.2. The van der Waals surface area contributed by atoms with Crippen LogP contribution in [0.5, 0.6) is 5.75 Å². The summed E-state index contributed by atoms with van der Waals surface area (Å²) in [5, 5.41) is 15.5. The van der Waals surface area contributed by atoms with E-state index in [1.807, 2.05) is 0 Å². The van der Waals surface area contributed by atoms with Crippen molar-refractivity contribution in [3.05, 3.63) is 29.8 Å². The fraction of sp³-hybridized carbons (Fsp3) is 0. The first-order chi connectivity index (χ1) is 7.81. The zero-order valence-corrected chi connectivity index (χ0v) is 8.99. The number of rotatable bonds is 3. The van der Waals surface area contributed by atoms with Gasteiger partial charge in [0.15, 0.2) is 5.75 Å². The van der Waals surface area contributed by atoms with Crippen molar-refractivity contribution >= 4 is 22.8 Å². The van der Waals surface area contributed by atoms with Gasteiger partial charge in [-0.05, 0) is 12.1 Å². The zero-order chi connectivity index (χ0) is 13.5. The Morgan fingerprint density at radius 2 is 1.76 bits per heavy atom. The molecule has 0 fully saturated rings. The van der Waals surface area contributed by atoms with Gasteiger partial charge in [0, 0.05) is 0 Å². The topological polar surface area (TPSA) is 138 Å². The van der Waals surface area contributed by atoms with Gasteiger partial charge in [0.2, 0.25) is 0 Å². The number of carboxylic acid groups (broad SMARTS) is 2. The maximum Gasteiger partial charge on any atom is 0.446 e. The molecule has 3 N–H and O–H groups in total. The van der Waals surface area contributed by atoms with Gasteiger partial charge >= 0.3 is 16.4 Å². The van der Waals surface area contributed by atoms with Crippen molar-refractivity contribution in [1.29, 1.82) is 0 Å². The third-order valence-corrected chi connectivity index (χ3v) is 1.70. The first kappa shape index (κ1) is 14.9. The molecule has 0 aliphatic carbocycles. The molecule has 0 unspecified atom stereocenters. The van der Waals surface area contributed by atoms with E-state index in [2.05, 4.69) is 4.18 Å². The fourth-order valence-corrected chi connectivity index (χ4v) is 1.20. The van der Waals surface area contributed by atoms with E-state index in [0.717, 1.165) is 12.1 Å². The van der Waals surface area contributed by atoms with Crippen LogP contribution in [0.15, 0.2) is 24.3 Å². The van der Waals surface area contributed by atoms with Crippen LogP contribution in [0.3, 0.4) is 0 Å². The molecule has 0 heterocycles. The Labute approximate surface area is 96.0 Å². The van der Waals surface area contributed by atoms with Crippen molar-refractivity contribution in [3.8, 4) is 5.75 Å². The lowest BCUT2D eigenvalue weighted by Crippen LogP contribution is -2.10. The number of carbonyl (C=O) groups is 2. The molecule has 0 atom stereocenters. The molecule has 1 rings (SSSR count). The number of carboxylic acids is 1. The number of hydrogen-bond donors (Lipinski definition) is 3. The Morgan fingerprint density at radius 3 is 2.18 bits per heavy atom. The second kappa shape index (κ2) is 6.45. The molecule has 0 aliphatic heterocycles. The molecule has 0 spiro atoms. The quantitative estimate of drug-likeness (QED) is 0.522. The van der Waals surface area contributed by atoms with Gasteiger partial charge in [0.1, 0.15) is 5.56 Å². The highest BCUT2D eigenvalue weighted by molar-refractivity contribution is 7.81. The molecular weight excluding hydrogens is 256 g/mol. The highest BCUT2D eigenvalue weighted by Crippen LogP contribution is 2.18. The Kier molecular flexibility index (Phi) is 5.64. The van der Waals surface area contributed by atoms with Crippen LogP contribution in [-0.2, 0) is 15.2 Å². The number of aromatic carboxylic acids is 1. The van der Waals surface area contributed by atoms with Crippen molar-refractivity contribution in [2.75, 3.05) is 0 Å². The molecule has 0 amide bonds. The van der Waals surface area contributed by atoms with Crippen LogP contribution in [0.2, 0.25) is 0 Å². The monoisotopic (exact) mass is 264 g/mol. The molecule has 1 aromatic carbocycles. The average molecular weight is 264 g/mol. The molecule has 0 saturated heterocycles. The van der Waals surface area contributed by atoms with Crippen molar-refractivity contribution in [2.24, 2.45) is 0 Å². The van der Waals surface area contributed by atoms with Gasteiger partial charge in [-0.15, -0.1) is 0 Å². The van der Waals surface area contributed by atoms with E-state index in [-0.39, 0.29) is 12.0 Å². The summed E-state index contributed by atoms with van der Waals surface area (Å²) in [6, 6.07) is 5.06. The van der Waals surface area contributed by atoms with E-state index >= 15 is 0 Å². The predicted octanol–water partition coefficient (Wildman–Crippen LogP) is 0.267. The van der Waals surface area contributed by atoms with E-state index in [4.69, 9.17) is 19.6 Å². The molecule has 1 aromatic rings. The molecular formula is C8H8O8S. The molecule has 17 heavy (non-hydrogen) atoms. The SMILES string of the molecule is O=C(O)c1ccccc1OS(=O)(=O)O.O=CO. The lowest BCUT2D eigenvalue weighted by molar-refractivity contribution is -0.122. The molecule has 0 radical (unpaired) electrons. The number of benzene rings is 1. The average Bonchev–Trinajstić information content (AvgIpc) is 2.16. The first-order valence-electron chi connectivity index (χ1n) is 3.89. The van der Waals surface area contributed by atoms with Crippen LogP contribution >= 0.6 is 0 Å². The molecule has 0 saturated carbocycles. The normalized spacial score (nSPS) is 9.71. The van der Waals surface area contributed by atoms with Crippen LogP contribution in [0.4, 0.5) is 0 Å². The zero-order valence-electron chi connectivity index (χ0n) is 8.18. The second-order valence-electron chi connectivity index (χ2n) is 2.42. The molecule has 0 bridgehead atoms. The van der Waals surface area contributed by atoms with Gasteiger partial charge in [-0.2, -0.15) is 8.42 Å². The van der Waals surface area contributed by atoms with E-state index in [1.54, 1.807) is 0 Å². The number of hydrogen-bond acceptors (Lipinski definition) is 5. The summed E-state index contributed by atoms with van der Waals surface area (Å²) >= 11 is 0. The summed E-state index contributed by atoms with van der Waals surface area (Å²) in [5.41, 5.74) is -0.342. The van der Waals surface area contributed by atoms with E-state index in [0.29, 0.717) is 0 Å². The van der Waals surface area contributed by atoms with Gasteiger partial charge in [-0.25, -0.2) is 4.79 Å².